The number of pyridine rings is 1. The van der Waals surface area contributed by atoms with Crippen molar-refractivity contribution in [2.45, 2.75) is 31.5 Å². The van der Waals surface area contributed by atoms with Gasteiger partial charge in [0.15, 0.2) is 17.2 Å². The summed E-state index contributed by atoms with van der Waals surface area (Å²) in [4.78, 5) is 18.0. The second-order valence-electron chi connectivity index (χ2n) is 7.51. The molecule has 1 heterocycles. The van der Waals surface area contributed by atoms with Crippen LogP contribution < -0.4 is 10.3 Å². The molecule has 2 aromatic carbocycles. The zero-order valence-corrected chi connectivity index (χ0v) is 17.4. The lowest BCUT2D eigenvalue weighted by Gasteiger charge is -2.32. The third-order valence-electron chi connectivity index (χ3n) is 5.45. The molecular formula is C23H22F4N2O3. The third-order valence-corrected chi connectivity index (χ3v) is 5.45. The molecule has 2 atom stereocenters. The van der Waals surface area contributed by atoms with Crippen molar-refractivity contribution in [3.63, 3.8) is 0 Å². The lowest BCUT2D eigenvalue weighted by Crippen LogP contribution is -2.52. The largest absolute Gasteiger partial charge is 0.493 e. The number of methoxy groups -OCH3 is 1. The molecule has 9 heteroatoms. The molecule has 2 unspecified atom stereocenters. The van der Waals surface area contributed by atoms with Crippen molar-refractivity contribution in [3.8, 4) is 5.75 Å². The van der Waals surface area contributed by atoms with Crippen LogP contribution in [0, 0.1) is 11.7 Å². The lowest BCUT2D eigenvalue weighted by molar-refractivity contribution is -0.245. The van der Waals surface area contributed by atoms with Gasteiger partial charge in [0.25, 0.3) is 0 Å². The first kappa shape index (κ1) is 23.5. The minimum Gasteiger partial charge on any atom is -0.493 e. The summed E-state index contributed by atoms with van der Waals surface area (Å²) < 4.78 is 60.5. The van der Waals surface area contributed by atoms with E-state index >= 15 is 0 Å². The monoisotopic (exact) mass is 450 g/mol. The first-order valence-corrected chi connectivity index (χ1v) is 9.84. The molecule has 0 spiro atoms. The number of benzene rings is 2. The molecule has 0 aliphatic carbocycles. The van der Waals surface area contributed by atoms with Crippen molar-refractivity contribution >= 4 is 22.8 Å². The fraction of sp³-hybridized carbons (Fsp3) is 0.304. The number of aliphatic imine (C=N–C) groups is 1. The summed E-state index contributed by atoms with van der Waals surface area (Å²) in [6.07, 6.45) is -4.56. The van der Waals surface area contributed by atoms with Gasteiger partial charge in [0, 0.05) is 17.7 Å². The van der Waals surface area contributed by atoms with Crippen LogP contribution in [0.2, 0.25) is 0 Å². The number of aromatic nitrogens is 1. The van der Waals surface area contributed by atoms with Crippen molar-refractivity contribution in [1.82, 2.24) is 4.98 Å². The number of nitrogens with zero attached hydrogens (tertiary/aromatic N) is 1. The van der Waals surface area contributed by atoms with Crippen LogP contribution in [0.4, 0.5) is 23.2 Å². The number of hydrogen-bond acceptors (Lipinski definition) is 4. The molecule has 0 fully saturated rings. The average molecular weight is 450 g/mol. The first-order chi connectivity index (χ1) is 15.1. The Morgan fingerprint density at radius 1 is 1.16 bits per heavy atom. The van der Waals surface area contributed by atoms with E-state index < -0.39 is 23.5 Å². The Balaban J connectivity index is 1.90. The standard InChI is InChI=1S/C23H22F4N2O3/c1-14(9-10-15-5-3-6-17(24)21(15)32-2)22(31,23(25,26)27)13-28-18-7-4-8-19-16(18)11-12-20(30)29-19/h3-8,11-14,31H,9-10H2,1-2H3,(H,29,30). The summed E-state index contributed by atoms with van der Waals surface area (Å²) in [6.45, 7) is 1.26. The Bertz CT molecular complexity index is 1190. The summed E-state index contributed by atoms with van der Waals surface area (Å²) in [5.41, 5.74) is -2.60. The van der Waals surface area contributed by atoms with Crippen molar-refractivity contribution < 1.29 is 27.4 Å². The van der Waals surface area contributed by atoms with Crippen molar-refractivity contribution in [1.29, 1.82) is 0 Å². The number of alkyl halides is 3. The van der Waals surface area contributed by atoms with E-state index in [2.05, 4.69) is 9.98 Å². The molecule has 0 amide bonds. The average Bonchev–Trinajstić information content (AvgIpc) is 2.74. The Morgan fingerprint density at radius 3 is 2.56 bits per heavy atom. The zero-order chi connectivity index (χ0) is 23.5. The smallest absolute Gasteiger partial charge is 0.422 e. The van der Waals surface area contributed by atoms with Gasteiger partial charge in [-0.2, -0.15) is 13.2 Å². The molecule has 3 rings (SSSR count). The highest BCUT2D eigenvalue weighted by Crippen LogP contribution is 2.38. The van der Waals surface area contributed by atoms with Gasteiger partial charge in [-0.1, -0.05) is 25.1 Å². The summed E-state index contributed by atoms with van der Waals surface area (Å²) in [6, 6.07) is 11.5. The summed E-state index contributed by atoms with van der Waals surface area (Å²) in [5.74, 6) is -1.94. The second kappa shape index (κ2) is 9.12. The number of aliphatic hydroxyl groups is 1. The predicted molar refractivity (Wildman–Crippen MR) is 114 cm³/mol. The number of rotatable bonds is 7. The van der Waals surface area contributed by atoms with Crippen LogP contribution in [-0.2, 0) is 6.42 Å². The van der Waals surface area contributed by atoms with Crippen LogP contribution in [0.3, 0.4) is 0 Å². The fourth-order valence-corrected chi connectivity index (χ4v) is 3.50. The molecule has 32 heavy (non-hydrogen) atoms. The fourth-order valence-electron chi connectivity index (χ4n) is 3.50. The highest BCUT2D eigenvalue weighted by molar-refractivity contribution is 5.91. The van der Waals surface area contributed by atoms with Crippen LogP contribution in [0.5, 0.6) is 5.75 Å². The molecule has 0 aliphatic heterocycles. The number of aryl methyl sites for hydroxylation is 1. The van der Waals surface area contributed by atoms with Crippen molar-refractivity contribution in [2.24, 2.45) is 10.9 Å². The zero-order valence-electron chi connectivity index (χ0n) is 17.4. The topological polar surface area (TPSA) is 74.7 Å². The SMILES string of the molecule is COc1c(F)cccc1CCC(C)C(O)(C=Nc1cccc2[nH]c(=O)ccc12)C(F)(F)F. The van der Waals surface area contributed by atoms with E-state index in [1.54, 1.807) is 12.1 Å². The minimum atomic E-state index is -5.00. The Labute approximate surface area is 181 Å². The number of fused-ring (bicyclic) bond motifs is 1. The molecule has 0 aliphatic rings. The van der Waals surface area contributed by atoms with Crippen LogP contribution in [0.15, 0.2) is 58.3 Å². The van der Waals surface area contributed by atoms with Gasteiger partial charge in [-0.15, -0.1) is 0 Å². The second-order valence-corrected chi connectivity index (χ2v) is 7.51. The molecule has 2 N–H and O–H groups in total. The maximum atomic E-state index is 13.9. The number of H-pyrrole nitrogens is 1. The maximum absolute atomic E-state index is 13.9. The first-order valence-electron chi connectivity index (χ1n) is 9.84. The van der Waals surface area contributed by atoms with E-state index in [9.17, 15) is 27.5 Å². The molecular weight excluding hydrogens is 428 g/mol. The van der Waals surface area contributed by atoms with Crippen LogP contribution in [0.1, 0.15) is 18.9 Å². The highest BCUT2D eigenvalue weighted by Gasteiger charge is 2.56. The number of ether oxygens (including phenoxy) is 1. The number of aromatic amines is 1. The van der Waals surface area contributed by atoms with Gasteiger partial charge in [0.2, 0.25) is 5.56 Å². The normalized spacial score (nSPS) is 15.1. The molecule has 0 saturated carbocycles. The van der Waals surface area contributed by atoms with Gasteiger partial charge < -0.3 is 14.8 Å². The number of para-hydroxylation sites is 1. The molecule has 170 valence electrons. The minimum absolute atomic E-state index is 0.0336. The molecule has 0 radical (unpaired) electrons. The summed E-state index contributed by atoms with van der Waals surface area (Å²) in [5, 5.41) is 11.1. The van der Waals surface area contributed by atoms with Crippen LogP contribution in [-0.4, -0.2) is 35.2 Å². The lowest BCUT2D eigenvalue weighted by atomic mass is 9.84. The third kappa shape index (κ3) is 4.67. The number of halogens is 4. The van der Waals surface area contributed by atoms with Crippen molar-refractivity contribution in [2.75, 3.05) is 7.11 Å². The number of hydrogen-bond donors (Lipinski definition) is 2. The Kier molecular flexibility index (Phi) is 6.68. The highest BCUT2D eigenvalue weighted by atomic mass is 19.4. The van der Waals surface area contributed by atoms with E-state index in [4.69, 9.17) is 4.74 Å². The molecule has 0 saturated heterocycles. The molecule has 5 nitrogen and oxygen atoms in total. The van der Waals surface area contributed by atoms with Gasteiger partial charge in [0.1, 0.15) is 0 Å². The van der Waals surface area contributed by atoms with E-state index in [0.717, 1.165) is 0 Å². The van der Waals surface area contributed by atoms with Gasteiger partial charge >= 0.3 is 6.18 Å². The Hall–Kier alpha value is -3.20. The van der Waals surface area contributed by atoms with Gasteiger partial charge in [-0.25, -0.2) is 4.39 Å². The van der Waals surface area contributed by atoms with Crippen LogP contribution in [0.25, 0.3) is 10.9 Å². The molecule has 1 aromatic heterocycles. The van der Waals surface area contributed by atoms with Gasteiger partial charge in [0.05, 0.1) is 18.3 Å². The quantitative estimate of drug-likeness (QED) is 0.396. The van der Waals surface area contributed by atoms with Gasteiger partial charge in [-0.3, -0.25) is 9.79 Å². The van der Waals surface area contributed by atoms with E-state index in [-0.39, 0.29) is 29.8 Å². The van der Waals surface area contributed by atoms with E-state index in [0.29, 0.717) is 22.7 Å². The summed E-state index contributed by atoms with van der Waals surface area (Å²) in [7, 11) is 1.28. The summed E-state index contributed by atoms with van der Waals surface area (Å²) >= 11 is 0. The maximum Gasteiger partial charge on any atom is 0.422 e. The van der Waals surface area contributed by atoms with Crippen molar-refractivity contribution in [3.05, 3.63) is 70.3 Å². The van der Waals surface area contributed by atoms with Crippen LogP contribution >= 0.6 is 0 Å². The van der Waals surface area contributed by atoms with E-state index in [1.807, 2.05) is 0 Å². The predicted octanol–water partition coefficient (Wildman–Crippen LogP) is 4.94. The van der Waals surface area contributed by atoms with E-state index in [1.165, 1.54) is 50.4 Å². The molecule has 3 aromatic rings. The molecule has 0 bridgehead atoms. The van der Waals surface area contributed by atoms with Gasteiger partial charge in [-0.05, 0) is 48.6 Å². The Morgan fingerprint density at radius 2 is 1.88 bits per heavy atom. The number of nitrogens with one attached hydrogen (secondary N) is 1.